The molecular formula is C21H23N7O2. The van der Waals surface area contributed by atoms with Crippen LogP contribution < -0.4 is 10.2 Å². The Labute approximate surface area is 174 Å². The standard InChI is InChI=1S/C21H23N7O2/c1-14-2-5-18(22-13-14)23-19-6-7-20(25-24-19)27-8-10-28(11-9-27)21(29)16-12-17(30-26-16)15-3-4-15/h2,5-7,12-13,15H,3-4,8-11H2,1H3,(H,22,23,24). The maximum atomic E-state index is 12.7. The topological polar surface area (TPSA) is 100 Å². The minimum atomic E-state index is -0.0680. The van der Waals surface area contributed by atoms with E-state index in [0.717, 1.165) is 35.8 Å². The molecule has 3 aromatic rings. The third kappa shape index (κ3) is 3.96. The number of aryl methyl sites for hydroxylation is 1. The number of hydrogen-bond donors (Lipinski definition) is 1. The van der Waals surface area contributed by atoms with Crippen molar-refractivity contribution in [2.45, 2.75) is 25.7 Å². The minimum absolute atomic E-state index is 0.0680. The van der Waals surface area contributed by atoms with Crippen molar-refractivity contribution in [1.82, 2.24) is 25.2 Å². The summed E-state index contributed by atoms with van der Waals surface area (Å²) in [6, 6.07) is 9.51. The van der Waals surface area contributed by atoms with Gasteiger partial charge in [-0.2, -0.15) is 0 Å². The molecule has 0 atom stereocenters. The molecule has 1 aliphatic heterocycles. The van der Waals surface area contributed by atoms with Crippen LogP contribution in [0.5, 0.6) is 0 Å². The van der Waals surface area contributed by atoms with Gasteiger partial charge in [-0.1, -0.05) is 11.2 Å². The molecule has 0 radical (unpaired) electrons. The van der Waals surface area contributed by atoms with Gasteiger partial charge in [0.05, 0.1) is 0 Å². The highest BCUT2D eigenvalue weighted by Gasteiger charge is 2.30. The number of nitrogens with one attached hydrogen (secondary N) is 1. The molecule has 0 unspecified atom stereocenters. The number of anilines is 3. The fourth-order valence-corrected chi connectivity index (χ4v) is 3.48. The maximum Gasteiger partial charge on any atom is 0.276 e. The van der Waals surface area contributed by atoms with Crippen molar-refractivity contribution in [3.8, 4) is 0 Å². The van der Waals surface area contributed by atoms with Gasteiger partial charge in [-0.15, -0.1) is 10.2 Å². The number of nitrogens with zero attached hydrogens (tertiary/aromatic N) is 6. The first-order valence-corrected chi connectivity index (χ1v) is 10.2. The molecule has 5 rings (SSSR count). The van der Waals surface area contributed by atoms with Crippen molar-refractivity contribution >= 4 is 23.4 Å². The van der Waals surface area contributed by atoms with Gasteiger partial charge in [-0.3, -0.25) is 4.79 Å². The lowest BCUT2D eigenvalue weighted by molar-refractivity contribution is 0.0736. The molecule has 4 heterocycles. The number of rotatable bonds is 5. The van der Waals surface area contributed by atoms with Gasteiger partial charge < -0.3 is 19.6 Å². The Morgan fingerprint density at radius 2 is 1.87 bits per heavy atom. The van der Waals surface area contributed by atoms with E-state index in [9.17, 15) is 4.79 Å². The predicted molar refractivity (Wildman–Crippen MR) is 111 cm³/mol. The molecule has 1 aliphatic carbocycles. The molecule has 154 valence electrons. The Kier molecular flexibility index (Phi) is 4.78. The van der Waals surface area contributed by atoms with Crippen LogP contribution in [0.15, 0.2) is 41.1 Å². The zero-order valence-electron chi connectivity index (χ0n) is 16.8. The third-order valence-corrected chi connectivity index (χ3v) is 5.44. The number of pyridine rings is 1. The number of amides is 1. The molecule has 9 heteroatoms. The van der Waals surface area contributed by atoms with Crippen molar-refractivity contribution in [3.63, 3.8) is 0 Å². The molecule has 0 bridgehead atoms. The molecule has 30 heavy (non-hydrogen) atoms. The summed E-state index contributed by atoms with van der Waals surface area (Å²) in [5.74, 6) is 3.38. The summed E-state index contributed by atoms with van der Waals surface area (Å²) < 4.78 is 5.31. The smallest absolute Gasteiger partial charge is 0.276 e. The Balaban J connectivity index is 1.16. The Morgan fingerprint density at radius 1 is 1.07 bits per heavy atom. The maximum absolute atomic E-state index is 12.7. The van der Waals surface area contributed by atoms with E-state index in [0.29, 0.717) is 43.6 Å². The third-order valence-electron chi connectivity index (χ3n) is 5.44. The van der Waals surface area contributed by atoms with Gasteiger partial charge in [0.2, 0.25) is 0 Å². The first kappa shape index (κ1) is 18.5. The lowest BCUT2D eigenvalue weighted by atomic mass is 10.2. The lowest BCUT2D eigenvalue weighted by Gasteiger charge is -2.34. The normalized spacial score (nSPS) is 16.6. The second kappa shape index (κ2) is 7.74. The van der Waals surface area contributed by atoms with E-state index in [1.54, 1.807) is 12.3 Å². The van der Waals surface area contributed by atoms with E-state index in [1.165, 1.54) is 0 Å². The summed E-state index contributed by atoms with van der Waals surface area (Å²) in [7, 11) is 0. The summed E-state index contributed by atoms with van der Waals surface area (Å²) in [6.45, 7) is 4.61. The fourth-order valence-electron chi connectivity index (χ4n) is 3.48. The van der Waals surface area contributed by atoms with Crippen LogP contribution in [-0.2, 0) is 0 Å². The van der Waals surface area contributed by atoms with Crippen LogP contribution in [0, 0.1) is 6.92 Å². The fraction of sp³-hybridized carbons (Fsp3) is 0.381. The highest BCUT2D eigenvalue weighted by atomic mass is 16.5. The molecule has 0 aromatic carbocycles. The van der Waals surface area contributed by atoms with Gasteiger partial charge in [0.25, 0.3) is 5.91 Å². The number of aromatic nitrogens is 4. The number of hydrogen-bond acceptors (Lipinski definition) is 8. The molecule has 0 spiro atoms. The Bertz CT molecular complexity index is 1020. The van der Waals surface area contributed by atoms with Gasteiger partial charge in [-0.25, -0.2) is 4.98 Å². The number of carbonyl (C=O) groups excluding carboxylic acids is 1. The van der Waals surface area contributed by atoms with Crippen LogP contribution in [0.2, 0.25) is 0 Å². The second-order valence-corrected chi connectivity index (χ2v) is 7.79. The number of piperazine rings is 1. The Hall–Kier alpha value is -3.49. The molecule has 2 fully saturated rings. The molecular weight excluding hydrogens is 382 g/mol. The first-order chi connectivity index (χ1) is 14.7. The van der Waals surface area contributed by atoms with Crippen LogP contribution in [0.3, 0.4) is 0 Å². The van der Waals surface area contributed by atoms with Gasteiger partial charge in [0, 0.05) is 44.4 Å². The Morgan fingerprint density at radius 3 is 2.53 bits per heavy atom. The SMILES string of the molecule is Cc1ccc(Nc2ccc(N3CCN(C(=O)c4cc(C5CC5)on4)CC3)nn2)nc1. The van der Waals surface area contributed by atoms with E-state index in [1.807, 2.05) is 36.1 Å². The van der Waals surface area contributed by atoms with Gasteiger partial charge in [0.15, 0.2) is 17.3 Å². The van der Waals surface area contributed by atoms with Crippen molar-refractivity contribution in [3.05, 3.63) is 53.5 Å². The lowest BCUT2D eigenvalue weighted by Crippen LogP contribution is -2.49. The quantitative estimate of drug-likeness (QED) is 0.692. The summed E-state index contributed by atoms with van der Waals surface area (Å²) >= 11 is 0. The van der Waals surface area contributed by atoms with Crippen molar-refractivity contribution in [2.24, 2.45) is 0 Å². The van der Waals surface area contributed by atoms with Crippen molar-refractivity contribution in [1.29, 1.82) is 0 Å². The summed E-state index contributed by atoms with van der Waals surface area (Å²) in [5.41, 5.74) is 1.51. The average Bonchev–Trinajstić information content (AvgIpc) is 3.52. The molecule has 1 saturated heterocycles. The highest BCUT2D eigenvalue weighted by molar-refractivity contribution is 5.92. The highest BCUT2D eigenvalue weighted by Crippen LogP contribution is 2.40. The molecule has 2 aliphatic rings. The average molecular weight is 405 g/mol. The van der Waals surface area contributed by atoms with Crippen LogP contribution in [0.1, 0.15) is 40.6 Å². The van der Waals surface area contributed by atoms with Gasteiger partial charge in [-0.05, 0) is 43.5 Å². The predicted octanol–water partition coefficient (Wildman–Crippen LogP) is 2.75. The molecule has 3 aromatic heterocycles. The monoisotopic (exact) mass is 405 g/mol. The summed E-state index contributed by atoms with van der Waals surface area (Å²) in [6.07, 6.45) is 4.05. The molecule has 1 amide bonds. The van der Waals surface area contributed by atoms with Gasteiger partial charge >= 0.3 is 0 Å². The van der Waals surface area contributed by atoms with E-state index in [2.05, 4.69) is 30.6 Å². The van der Waals surface area contributed by atoms with E-state index in [-0.39, 0.29) is 5.91 Å². The van der Waals surface area contributed by atoms with Crippen LogP contribution in [-0.4, -0.2) is 57.3 Å². The van der Waals surface area contributed by atoms with E-state index >= 15 is 0 Å². The molecule has 1 saturated carbocycles. The van der Waals surface area contributed by atoms with Crippen LogP contribution in [0.25, 0.3) is 0 Å². The zero-order valence-corrected chi connectivity index (χ0v) is 16.8. The zero-order chi connectivity index (χ0) is 20.5. The second-order valence-electron chi connectivity index (χ2n) is 7.79. The summed E-state index contributed by atoms with van der Waals surface area (Å²) in [4.78, 5) is 20.9. The van der Waals surface area contributed by atoms with Crippen LogP contribution >= 0.6 is 0 Å². The summed E-state index contributed by atoms with van der Waals surface area (Å²) in [5, 5.41) is 15.7. The molecule has 9 nitrogen and oxygen atoms in total. The van der Waals surface area contributed by atoms with Crippen molar-refractivity contribution in [2.75, 3.05) is 36.4 Å². The minimum Gasteiger partial charge on any atom is -0.360 e. The number of carbonyl (C=O) groups is 1. The largest absolute Gasteiger partial charge is 0.360 e. The first-order valence-electron chi connectivity index (χ1n) is 10.2. The molecule has 1 N–H and O–H groups in total. The van der Waals surface area contributed by atoms with Crippen LogP contribution in [0.4, 0.5) is 17.5 Å². The van der Waals surface area contributed by atoms with E-state index in [4.69, 9.17) is 4.52 Å². The van der Waals surface area contributed by atoms with E-state index < -0.39 is 0 Å². The van der Waals surface area contributed by atoms with Crippen molar-refractivity contribution < 1.29 is 9.32 Å². The van der Waals surface area contributed by atoms with Gasteiger partial charge in [0.1, 0.15) is 11.6 Å².